The van der Waals surface area contributed by atoms with Crippen molar-refractivity contribution in [1.29, 1.82) is 0 Å². The minimum Gasteiger partial charge on any atom is -0.370 e. The lowest BCUT2D eigenvalue weighted by Crippen LogP contribution is -2.52. The first kappa shape index (κ1) is 10.7. The monoisotopic (exact) mass is 206 g/mol. The quantitative estimate of drug-likeness (QED) is 0.684. The van der Waals surface area contributed by atoms with Crippen molar-refractivity contribution >= 4 is 0 Å². The van der Waals surface area contributed by atoms with E-state index in [4.69, 9.17) is 4.74 Å². The summed E-state index contributed by atoms with van der Waals surface area (Å²) >= 11 is 0. The maximum absolute atomic E-state index is 5.40. The number of nitrogens with zero attached hydrogens (tertiary/aromatic N) is 1. The molecule has 0 N–H and O–H groups in total. The zero-order valence-corrected chi connectivity index (χ0v) is 9.48. The molecular weight excluding hydrogens is 186 g/mol. The molecule has 1 saturated heterocycles. The molecule has 1 aromatic rings. The molecule has 1 fully saturated rings. The van der Waals surface area contributed by atoms with Gasteiger partial charge in [0.05, 0.1) is 26.8 Å². The van der Waals surface area contributed by atoms with Gasteiger partial charge in [0.2, 0.25) is 0 Å². The summed E-state index contributed by atoms with van der Waals surface area (Å²) in [7, 11) is 2.34. The van der Waals surface area contributed by atoms with E-state index in [1.807, 2.05) is 0 Å². The molecule has 15 heavy (non-hydrogen) atoms. The van der Waals surface area contributed by atoms with E-state index in [0.29, 0.717) is 0 Å². The number of morpholine rings is 1. The molecule has 0 bridgehead atoms. The zero-order valence-electron chi connectivity index (χ0n) is 9.48. The number of benzene rings is 1. The first-order valence-corrected chi connectivity index (χ1v) is 5.74. The lowest BCUT2D eigenvalue weighted by atomic mass is 10.1. The Hall–Kier alpha value is -0.860. The SMILES string of the molecule is C[N+]1(CCc2ccccc2)CCOCC1. The van der Waals surface area contributed by atoms with Crippen molar-refractivity contribution in [3.05, 3.63) is 35.9 Å². The van der Waals surface area contributed by atoms with E-state index in [1.165, 1.54) is 18.5 Å². The highest BCUT2D eigenvalue weighted by Gasteiger charge is 2.24. The molecule has 0 atom stereocenters. The molecule has 2 rings (SSSR count). The van der Waals surface area contributed by atoms with E-state index in [0.717, 1.165) is 30.8 Å². The number of ether oxygens (including phenoxy) is 1. The topological polar surface area (TPSA) is 9.23 Å². The Bertz CT molecular complexity index is 291. The molecule has 0 spiro atoms. The van der Waals surface area contributed by atoms with Gasteiger partial charge < -0.3 is 9.22 Å². The zero-order chi connectivity index (χ0) is 10.6. The van der Waals surface area contributed by atoms with Crippen molar-refractivity contribution in [2.45, 2.75) is 6.42 Å². The van der Waals surface area contributed by atoms with Gasteiger partial charge in [-0.1, -0.05) is 30.3 Å². The van der Waals surface area contributed by atoms with Crippen molar-refractivity contribution in [2.24, 2.45) is 0 Å². The maximum atomic E-state index is 5.40. The Kier molecular flexibility index (Phi) is 3.39. The van der Waals surface area contributed by atoms with Crippen LogP contribution in [0.1, 0.15) is 5.56 Å². The van der Waals surface area contributed by atoms with Crippen LogP contribution in [0.5, 0.6) is 0 Å². The van der Waals surface area contributed by atoms with E-state index in [-0.39, 0.29) is 0 Å². The first-order chi connectivity index (χ1) is 7.29. The summed E-state index contributed by atoms with van der Waals surface area (Å²) in [5.41, 5.74) is 1.45. The summed E-state index contributed by atoms with van der Waals surface area (Å²) in [4.78, 5) is 0. The third-order valence-corrected chi connectivity index (χ3v) is 3.33. The van der Waals surface area contributed by atoms with Gasteiger partial charge in [0.15, 0.2) is 0 Å². The fourth-order valence-corrected chi connectivity index (χ4v) is 2.05. The highest BCUT2D eigenvalue weighted by Crippen LogP contribution is 2.10. The van der Waals surface area contributed by atoms with Crippen LogP contribution in [0, 0.1) is 0 Å². The van der Waals surface area contributed by atoms with Crippen molar-refractivity contribution in [1.82, 2.24) is 0 Å². The van der Waals surface area contributed by atoms with Crippen molar-refractivity contribution in [3.63, 3.8) is 0 Å². The molecule has 2 nitrogen and oxygen atoms in total. The maximum Gasteiger partial charge on any atom is 0.102 e. The average Bonchev–Trinajstić information content (AvgIpc) is 2.29. The van der Waals surface area contributed by atoms with E-state index in [9.17, 15) is 0 Å². The van der Waals surface area contributed by atoms with Gasteiger partial charge in [-0.05, 0) is 5.56 Å². The van der Waals surface area contributed by atoms with Crippen molar-refractivity contribution in [2.75, 3.05) is 39.9 Å². The predicted octanol–water partition coefficient (Wildman–Crippen LogP) is 1.71. The van der Waals surface area contributed by atoms with Gasteiger partial charge >= 0.3 is 0 Å². The number of hydrogen-bond acceptors (Lipinski definition) is 1. The number of rotatable bonds is 3. The minimum atomic E-state index is 0.922. The van der Waals surface area contributed by atoms with Crippen LogP contribution in [0.2, 0.25) is 0 Å². The molecule has 0 amide bonds. The van der Waals surface area contributed by atoms with Gasteiger partial charge in [0.1, 0.15) is 13.1 Å². The van der Waals surface area contributed by atoms with E-state index >= 15 is 0 Å². The van der Waals surface area contributed by atoms with Gasteiger partial charge in [-0.3, -0.25) is 0 Å². The smallest absolute Gasteiger partial charge is 0.102 e. The van der Waals surface area contributed by atoms with Crippen LogP contribution in [0.3, 0.4) is 0 Å². The third kappa shape index (κ3) is 3.05. The Labute approximate surface area is 92.1 Å². The average molecular weight is 206 g/mol. The molecule has 2 heteroatoms. The standard InChI is InChI=1S/C13H20NO/c1-14(9-11-15-12-10-14)8-7-13-5-3-2-4-6-13/h2-6H,7-12H2,1H3/q+1. The van der Waals surface area contributed by atoms with Crippen LogP contribution >= 0.6 is 0 Å². The fourth-order valence-electron chi connectivity index (χ4n) is 2.05. The Morgan fingerprint density at radius 3 is 2.47 bits per heavy atom. The summed E-state index contributed by atoms with van der Waals surface area (Å²) < 4.78 is 6.56. The van der Waals surface area contributed by atoms with Gasteiger partial charge in [-0.2, -0.15) is 0 Å². The summed E-state index contributed by atoms with van der Waals surface area (Å²) in [5, 5.41) is 0. The molecule has 82 valence electrons. The summed E-state index contributed by atoms with van der Waals surface area (Å²) in [6, 6.07) is 10.7. The van der Waals surface area contributed by atoms with Gasteiger partial charge in [0, 0.05) is 6.42 Å². The van der Waals surface area contributed by atoms with E-state index < -0.39 is 0 Å². The van der Waals surface area contributed by atoms with Crippen LogP contribution in [0.4, 0.5) is 0 Å². The second kappa shape index (κ2) is 4.77. The third-order valence-electron chi connectivity index (χ3n) is 3.33. The first-order valence-electron chi connectivity index (χ1n) is 5.74. The van der Waals surface area contributed by atoms with Gasteiger partial charge in [0.25, 0.3) is 0 Å². The second-order valence-electron chi connectivity index (χ2n) is 4.64. The minimum absolute atomic E-state index is 0.922. The molecule has 1 aliphatic rings. The van der Waals surface area contributed by atoms with E-state index in [2.05, 4.69) is 37.4 Å². The van der Waals surface area contributed by atoms with Crippen LogP contribution < -0.4 is 0 Å². The van der Waals surface area contributed by atoms with Crippen molar-refractivity contribution < 1.29 is 9.22 Å². The number of likely N-dealkylation sites (N-methyl/N-ethyl adjacent to an activating group) is 1. The van der Waals surface area contributed by atoms with E-state index in [1.54, 1.807) is 0 Å². The predicted molar refractivity (Wildman–Crippen MR) is 61.8 cm³/mol. The van der Waals surface area contributed by atoms with Gasteiger partial charge in [-0.15, -0.1) is 0 Å². The molecule has 1 heterocycles. The summed E-state index contributed by atoms with van der Waals surface area (Å²) in [6.45, 7) is 5.39. The van der Waals surface area contributed by atoms with Crippen LogP contribution in [0.15, 0.2) is 30.3 Å². The summed E-state index contributed by atoms with van der Waals surface area (Å²) in [6.07, 6.45) is 1.18. The Morgan fingerprint density at radius 1 is 1.13 bits per heavy atom. The van der Waals surface area contributed by atoms with Crippen LogP contribution in [0.25, 0.3) is 0 Å². The van der Waals surface area contributed by atoms with Crippen molar-refractivity contribution in [3.8, 4) is 0 Å². The Morgan fingerprint density at radius 2 is 1.80 bits per heavy atom. The molecule has 1 aliphatic heterocycles. The normalized spacial score (nSPS) is 20.1. The second-order valence-corrected chi connectivity index (χ2v) is 4.64. The highest BCUT2D eigenvalue weighted by atomic mass is 16.5. The fraction of sp³-hybridized carbons (Fsp3) is 0.538. The molecule has 0 aromatic heterocycles. The molecule has 0 saturated carbocycles. The molecule has 0 radical (unpaired) electrons. The number of quaternary nitrogens is 1. The molecular formula is C13H20NO+. The van der Waals surface area contributed by atoms with Gasteiger partial charge in [-0.25, -0.2) is 0 Å². The molecule has 0 aliphatic carbocycles. The van der Waals surface area contributed by atoms with Crippen LogP contribution in [-0.4, -0.2) is 44.4 Å². The molecule has 0 unspecified atom stereocenters. The van der Waals surface area contributed by atoms with Crippen LogP contribution in [-0.2, 0) is 11.2 Å². The largest absolute Gasteiger partial charge is 0.370 e. The number of hydrogen-bond donors (Lipinski definition) is 0. The summed E-state index contributed by atoms with van der Waals surface area (Å²) in [5.74, 6) is 0. The lowest BCUT2D eigenvalue weighted by Gasteiger charge is -2.37. The Balaban J connectivity index is 1.87. The highest BCUT2D eigenvalue weighted by molar-refractivity contribution is 5.14. The lowest BCUT2D eigenvalue weighted by molar-refractivity contribution is -0.916. The molecule has 1 aromatic carbocycles.